The number of hydrogen-bond donors (Lipinski definition) is 3. The fraction of sp³-hybridized carbons (Fsp3) is 0.350. The number of nitrogens with zero attached hydrogens (tertiary/aromatic N) is 2. The zero-order chi connectivity index (χ0) is 19.4. The zero-order valence-corrected chi connectivity index (χ0v) is 16.4. The van der Waals surface area contributed by atoms with Crippen molar-refractivity contribution in [3.63, 3.8) is 0 Å². The summed E-state index contributed by atoms with van der Waals surface area (Å²) >= 11 is 1.29. The predicted octanol–water partition coefficient (Wildman–Crippen LogP) is 3.22. The lowest BCUT2D eigenvalue weighted by Crippen LogP contribution is -2.12. The normalized spacial score (nSPS) is 14.6. The van der Waals surface area contributed by atoms with Gasteiger partial charge in [-0.15, -0.1) is 0 Å². The van der Waals surface area contributed by atoms with Gasteiger partial charge in [-0.25, -0.2) is 4.99 Å². The van der Waals surface area contributed by atoms with Gasteiger partial charge in [0.05, 0.1) is 19.8 Å². The van der Waals surface area contributed by atoms with Gasteiger partial charge in [0.1, 0.15) is 0 Å². The minimum absolute atomic E-state index is 0.0113. The van der Waals surface area contributed by atoms with Crippen molar-refractivity contribution in [2.24, 2.45) is 15.7 Å². The standard InChI is InChI=1S/C20H24N4O2S/c1-3-13-9-15-11-26-10-14-5-4-6-16(18(14)15)17(13)12(2)23-20(24-19(21)22)27-8-7-25/h4-6,9,25H,3,7-8,10-11H2,1-2H3,(H3,21,22)/b23-12+,24-20+. The van der Waals surface area contributed by atoms with Crippen molar-refractivity contribution in [1.82, 2.24) is 0 Å². The Bertz CT molecular complexity index is 937. The summed E-state index contributed by atoms with van der Waals surface area (Å²) < 4.78 is 5.72. The van der Waals surface area contributed by atoms with Gasteiger partial charge in [-0.05, 0) is 40.8 Å². The van der Waals surface area contributed by atoms with Crippen LogP contribution in [0.5, 0.6) is 0 Å². The minimum atomic E-state index is -0.295. The summed E-state index contributed by atoms with van der Waals surface area (Å²) in [7, 11) is 0. The predicted molar refractivity (Wildman–Crippen MR) is 113 cm³/mol. The van der Waals surface area contributed by atoms with Crippen LogP contribution in [0.2, 0.25) is 0 Å². The smallest absolute Gasteiger partial charge is 0.214 e. The van der Waals surface area contributed by atoms with Crippen LogP contribution in [0.25, 0.3) is 10.8 Å². The van der Waals surface area contributed by atoms with E-state index in [-0.39, 0.29) is 12.6 Å². The molecule has 142 valence electrons. The van der Waals surface area contributed by atoms with Crippen LogP contribution in [-0.2, 0) is 24.4 Å². The number of thioether (sulfide) groups is 1. The number of nitrogens with one attached hydrogen (secondary N) is 1. The van der Waals surface area contributed by atoms with Crippen LogP contribution in [0.3, 0.4) is 0 Å². The lowest BCUT2D eigenvalue weighted by atomic mass is 9.88. The maximum absolute atomic E-state index is 9.10. The number of guanidine groups is 1. The number of aliphatic imine (C=N–C) groups is 2. The van der Waals surface area contributed by atoms with Crippen LogP contribution in [0.1, 0.15) is 36.1 Å². The van der Waals surface area contributed by atoms with Crippen molar-refractivity contribution in [1.29, 1.82) is 5.41 Å². The third-order valence-electron chi connectivity index (χ3n) is 4.47. The Morgan fingerprint density at radius 2 is 2.07 bits per heavy atom. The molecule has 2 aromatic rings. The van der Waals surface area contributed by atoms with Crippen LogP contribution < -0.4 is 5.73 Å². The molecule has 4 N–H and O–H groups in total. The third kappa shape index (κ3) is 4.21. The minimum Gasteiger partial charge on any atom is -0.396 e. The first-order valence-electron chi connectivity index (χ1n) is 8.91. The lowest BCUT2D eigenvalue weighted by molar-refractivity contribution is 0.103. The van der Waals surface area contributed by atoms with Gasteiger partial charge in [0.25, 0.3) is 0 Å². The van der Waals surface area contributed by atoms with Crippen LogP contribution in [0.15, 0.2) is 34.3 Å². The maximum Gasteiger partial charge on any atom is 0.214 e. The van der Waals surface area contributed by atoms with Gasteiger partial charge in [-0.2, -0.15) is 4.99 Å². The highest BCUT2D eigenvalue weighted by atomic mass is 32.2. The van der Waals surface area contributed by atoms with Crippen molar-refractivity contribution >= 4 is 39.4 Å². The van der Waals surface area contributed by atoms with Crippen LogP contribution in [-0.4, -0.2) is 34.3 Å². The second kappa shape index (κ2) is 8.65. The van der Waals surface area contributed by atoms with Gasteiger partial charge >= 0.3 is 0 Å². The van der Waals surface area contributed by atoms with E-state index in [1.54, 1.807) is 0 Å². The van der Waals surface area contributed by atoms with Gasteiger partial charge in [0.2, 0.25) is 5.96 Å². The summed E-state index contributed by atoms with van der Waals surface area (Å²) in [6.07, 6.45) is 0.873. The summed E-state index contributed by atoms with van der Waals surface area (Å²) in [5, 5.41) is 19.3. The summed E-state index contributed by atoms with van der Waals surface area (Å²) in [5.41, 5.74) is 11.0. The molecule has 0 aromatic heterocycles. The number of amidine groups is 1. The molecule has 0 spiro atoms. The Labute approximate surface area is 163 Å². The van der Waals surface area contributed by atoms with E-state index in [0.29, 0.717) is 24.1 Å². The average molecular weight is 385 g/mol. The van der Waals surface area contributed by atoms with Crippen molar-refractivity contribution in [3.8, 4) is 0 Å². The molecular formula is C20H24N4O2S. The molecule has 0 amide bonds. The van der Waals surface area contributed by atoms with E-state index >= 15 is 0 Å². The number of aliphatic hydroxyl groups excluding tert-OH is 1. The molecule has 0 fully saturated rings. The lowest BCUT2D eigenvalue weighted by Gasteiger charge is -2.22. The Kier molecular flexibility index (Phi) is 6.26. The zero-order valence-electron chi connectivity index (χ0n) is 15.6. The van der Waals surface area contributed by atoms with E-state index < -0.39 is 0 Å². The van der Waals surface area contributed by atoms with E-state index in [2.05, 4.69) is 41.2 Å². The number of aliphatic hydroxyl groups is 1. The third-order valence-corrected chi connectivity index (χ3v) is 5.30. The van der Waals surface area contributed by atoms with E-state index in [1.807, 2.05) is 6.92 Å². The Balaban J connectivity index is 2.18. The number of benzene rings is 2. The SMILES string of the molecule is CCc1cc2c3c(cccc3c1/C(C)=N/C(=N\C(=N)N)SCCO)COC2. The average Bonchev–Trinajstić information content (AvgIpc) is 2.65. The van der Waals surface area contributed by atoms with E-state index in [4.69, 9.17) is 21.0 Å². The highest BCUT2D eigenvalue weighted by molar-refractivity contribution is 8.13. The van der Waals surface area contributed by atoms with Gasteiger partial charge in [0, 0.05) is 17.0 Å². The molecule has 1 aliphatic rings. The van der Waals surface area contributed by atoms with Crippen LogP contribution >= 0.6 is 11.8 Å². The first kappa shape index (κ1) is 19.5. The van der Waals surface area contributed by atoms with E-state index in [1.165, 1.54) is 39.2 Å². The van der Waals surface area contributed by atoms with Crippen molar-refractivity contribution in [3.05, 3.63) is 46.5 Å². The molecule has 1 aliphatic heterocycles. The quantitative estimate of drug-likeness (QED) is 0.556. The molecule has 0 saturated heterocycles. The van der Waals surface area contributed by atoms with E-state index in [0.717, 1.165) is 17.7 Å². The largest absolute Gasteiger partial charge is 0.396 e. The highest BCUT2D eigenvalue weighted by Crippen LogP contribution is 2.34. The highest BCUT2D eigenvalue weighted by Gasteiger charge is 2.19. The summed E-state index contributed by atoms with van der Waals surface area (Å²) in [5.74, 6) is 0.154. The molecule has 0 aliphatic carbocycles. The second-order valence-corrected chi connectivity index (χ2v) is 7.37. The molecule has 6 nitrogen and oxygen atoms in total. The number of ether oxygens (including phenoxy) is 1. The molecular weight excluding hydrogens is 360 g/mol. The van der Waals surface area contributed by atoms with Crippen molar-refractivity contribution in [2.75, 3.05) is 12.4 Å². The number of hydrogen-bond acceptors (Lipinski definition) is 4. The fourth-order valence-corrected chi connectivity index (χ4v) is 4.09. The summed E-state index contributed by atoms with van der Waals surface area (Å²) in [6, 6.07) is 8.50. The molecule has 0 radical (unpaired) electrons. The van der Waals surface area contributed by atoms with Crippen molar-refractivity contribution < 1.29 is 9.84 Å². The second-order valence-electron chi connectivity index (χ2n) is 6.30. The monoisotopic (exact) mass is 384 g/mol. The van der Waals surface area contributed by atoms with E-state index in [9.17, 15) is 0 Å². The number of nitrogens with two attached hydrogens (primary N) is 1. The Morgan fingerprint density at radius 1 is 1.30 bits per heavy atom. The number of aryl methyl sites for hydroxylation is 1. The maximum atomic E-state index is 9.10. The fourth-order valence-electron chi connectivity index (χ4n) is 3.46. The molecule has 1 heterocycles. The summed E-state index contributed by atoms with van der Waals surface area (Å²) in [6.45, 7) is 5.34. The molecule has 3 rings (SSSR count). The first-order valence-corrected chi connectivity index (χ1v) is 9.89. The Morgan fingerprint density at radius 3 is 2.78 bits per heavy atom. The molecule has 0 atom stereocenters. The van der Waals surface area contributed by atoms with Crippen molar-refractivity contribution in [2.45, 2.75) is 33.5 Å². The summed E-state index contributed by atoms with van der Waals surface area (Å²) in [4.78, 5) is 8.65. The van der Waals surface area contributed by atoms with Gasteiger partial charge in [0.15, 0.2) is 5.17 Å². The van der Waals surface area contributed by atoms with Gasteiger partial charge in [-0.1, -0.05) is 43.0 Å². The molecule has 7 heteroatoms. The Hall–Kier alpha value is -2.22. The van der Waals surface area contributed by atoms with Crippen LogP contribution in [0, 0.1) is 5.41 Å². The number of rotatable bonds is 4. The molecule has 0 unspecified atom stereocenters. The van der Waals surface area contributed by atoms with Crippen LogP contribution in [0.4, 0.5) is 0 Å². The molecule has 2 aromatic carbocycles. The molecule has 0 saturated carbocycles. The molecule has 0 bridgehead atoms. The topological polar surface area (TPSA) is 104 Å². The van der Waals surface area contributed by atoms with Gasteiger partial charge < -0.3 is 15.6 Å². The molecule has 27 heavy (non-hydrogen) atoms. The van der Waals surface area contributed by atoms with Gasteiger partial charge in [-0.3, -0.25) is 5.41 Å². The first-order chi connectivity index (χ1) is 13.0.